The molecule has 2 aliphatic rings. The van der Waals surface area contributed by atoms with Crippen LogP contribution in [0.4, 0.5) is 5.95 Å². The molecule has 0 bridgehead atoms. The van der Waals surface area contributed by atoms with E-state index in [1.54, 1.807) is 18.9 Å². The fraction of sp³-hybridized carbons (Fsp3) is 0.583. The highest BCUT2D eigenvalue weighted by Crippen LogP contribution is 2.42. The first kappa shape index (κ1) is 23.1. The Morgan fingerprint density at radius 3 is 2.70 bits per heavy atom. The number of aromatic nitrogens is 4. The Morgan fingerprint density at radius 2 is 2.00 bits per heavy atom. The lowest BCUT2D eigenvalue weighted by Crippen LogP contribution is -2.38. The van der Waals surface area contributed by atoms with Crippen molar-refractivity contribution in [3.8, 4) is 11.5 Å². The number of tetrazole rings is 1. The number of methoxy groups -OCH3 is 2. The van der Waals surface area contributed by atoms with E-state index in [1.807, 2.05) is 25.1 Å². The number of allylic oxidation sites excluding steroid dienone is 1. The summed E-state index contributed by atoms with van der Waals surface area (Å²) in [6.45, 7) is 8.47. The Balaban J connectivity index is 1.75. The monoisotopic (exact) mass is 455 g/mol. The summed E-state index contributed by atoms with van der Waals surface area (Å²) in [7, 11) is 3.20. The molecular weight excluding hydrogens is 422 g/mol. The quantitative estimate of drug-likeness (QED) is 0.653. The van der Waals surface area contributed by atoms with Crippen LogP contribution in [0, 0.1) is 17.8 Å². The van der Waals surface area contributed by atoms with Crippen LogP contribution in [0.25, 0.3) is 0 Å². The van der Waals surface area contributed by atoms with Gasteiger partial charge in [0.05, 0.1) is 19.8 Å². The zero-order valence-electron chi connectivity index (χ0n) is 20.2. The molecule has 33 heavy (non-hydrogen) atoms. The van der Waals surface area contributed by atoms with Crippen molar-refractivity contribution in [1.82, 2.24) is 20.2 Å². The van der Waals surface area contributed by atoms with Crippen molar-refractivity contribution in [2.45, 2.75) is 59.1 Å². The van der Waals surface area contributed by atoms with Gasteiger partial charge < -0.3 is 19.5 Å². The van der Waals surface area contributed by atoms with Crippen molar-refractivity contribution >= 4 is 11.9 Å². The predicted octanol–water partition coefficient (Wildman–Crippen LogP) is 3.98. The van der Waals surface area contributed by atoms with Gasteiger partial charge in [-0.05, 0) is 66.1 Å². The zero-order chi connectivity index (χ0) is 23.7. The Bertz CT molecular complexity index is 1050. The van der Waals surface area contributed by atoms with Gasteiger partial charge in [0.2, 0.25) is 5.95 Å². The highest BCUT2D eigenvalue weighted by Gasteiger charge is 2.40. The van der Waals surface area contributed by atoms with Crippen molar-refractivity contribution in [3.05, 3.63) is 35.0 Å². The summed E-state index contributed by atoms with van der Waals surface area (Å²) < 4.78 is 18.9. The molecule has 1 aliphatic carbocycles. The smallest absolute Gasteiger partial charge is 0.338 e. The first-order valence-electron chi connectivity index (χ1n) is 11.5. The van der Waals surface area contributed by atoms with Crippen LogP contribution in [0.2, 0.25) is 0 Å². The maximum absolute atomic E-state index is 13.7. The molecule has 9 nitrogen and oxygen atoms in total. The molecule has 0 spiro atoms. The Kier molecular flexibility index (Phi) is 6.58. The molecule has 0 radical (unpaired) electrons. The van der Waals surface area contributed by atoms with Crippen LogP contribution in [-0.2, 0) is 9.53 Å². The summed E-state index contributed by atoms with van der Waals surface area (Å²) in [4.78, 5) is 13.7. The lowest BCUT2D eigenvalue weighted by Gasteiger charge is -2.37. The second kappa shape index (κ2) is 9.41. The summed E-state index contributed by atoms with van der Waals surface area (Å²) in [5.74, 6) is 2.65. The Morgan fingerprint density at radius 1 is 1.21 bits per heavy atom. The lowest BCUT2D eigenvalue weighted by molar-refractivity contribution is -0.151. The minimum Gasteiger partial charge on any atom is -0.497 e. The molecule has 2 aromatic rings. The Labute approximate surface area is 194 Å². The Hall–Kier alpha value is -3.10. The summed E-state index contributed by atoms with van der Waals surface area (Å²) in [5, 5.41) is 15.2. The number of carbonyl (C=O) groups is 1. The molecule has 178 valence electrons. The summed E-state index contributed by atoms with van der Waals surface area (Å²) in [5.41, 5.74) is 1.83. The molecule has 1 fully saturated rings. The van der Waals surface area contributed by atoms with Gasteiger partial charge in [0.25, 0.3) is 0 Å². The number of ether oxygens (including phenoxy) is 3. The van der Waals surface area contributed by atoms with E-state index in [1.165, 1.54) is 0 Å². The SMILES string of the molecule is COc1ccc(OC)c([C@@H]2C(C(=O)O[C@@H]3C[C@@H](C)CC[C@@H]3C(C)C)=C(C)Nc3nnnn32)c1. The fourth-order valence-electron chi connectivity index (χ4n) is 5.07. The fourth-order valence-corrected chi connectivity index (χ4v) is 5.07. The third-order valence-corrected chi connectivity index (χ3v) is 6.89. The molecule has 0 amide bonds. The van der Waals surface area contributed by atoms with Crippen LogP contribution in [0.5, 0.6) is 11.5 Å². The van der Waals surface area contributed by atoms with Gasteiger partial charge in [-0.15, -0.1) is 0 Å². The van der Waals surface area contributed by atoms with E-state index in [-0.39, 0.29) is 12.1 Å². The highest BCUT2D eigenvalue weighted by atomic mass is 16.5. The van der Waals surface area contributed by atoms with Gasteiger partial charge in [0.15, 0.2) is 0 Å². The average Bonchev–Trinajstić information content (AvgIpc) is 3.25. The van der Waals surface area contributed by atoms with Gasteiger partial charge in [-0.1, -0.05) is 32.3 Å². The second-order valence-corrected chi connectivity index (χ2v) is 9.39. The van der Waals surface area contributed by atoms with Gasteiger partial charge in [-0.3, -0.25) is 0 Å². The normalized spacial score (nSPS) is 24.8. The number of hydrogen-bond acceptors (Lipinski definition) is 8. The van der Waals surface area contributed by atoms with E-state index in [0.29, 0.717) is 46.5 Å². The molecule has 1 aliphatic heterocycles. The molecule has 1 aromatic heterocycles. The van der Waals surface area contributed by atoms with Crippen molar-refractivity contribution in [2.75, 3.05) is 19.5 Å². The van der Waals surface area contributed by atoms with Crippen molar-refractivity contribution in [1.29, 1.82) is 0 Å². The van der Waals surface area contributed by atoms with Gasteiger partial charge in [-0.2, -0.15) is 4.68 Å². The minimum atomic E-state index is -0.618. The van der Waals surface area contributed by atoms with Gasteiger partial charge in [0.1, 0.15) is 23.6 Å². The van der Waals surface area contributed by atoms with E-state index >= 15 is 0 Å². The minimum absolute atomic E-state index is 0.121. The van der Waals surface area contributed by atoms with Crippen molar-refractivity contribution in [2.24, 2.45) is 17.8 Å². The van der Waals surface area contributed by atoms with E-state index < -0.39 is 6.04 Å². The lowest BCUT2D eigenvalue weighted by atomic mass is 9.75. The molecule has 0 saturated heterocycles. The number of anilines is 1. The number of hydrogen-bond donors (Lipinski definition) is 1. The van der Waals surface area contributed by atoms with E-state index in [2.05, 4.69) is 41.6 Å². The van der Waals surface area contributed by atoms with Crippen LogP contribution in [0.15, 0.2) is 29.5 Å². The molecule has 2 heterocycles. The van der Waals surface area contributed by atoms with Crippen molar-refractivity contribution < 1.29 is 19.0 Å². The molecule has 1 saturated carbocycles. The van der Waals surface area contributed by atoms with Gasteiger partial charge in [0, 0.05) is 11.3 Å². The van der Waals surface area contributed by atoms with Crippen LogP contribution >= 0.6 is 0 Å². The number of nitrogens with zero attached hydrogens (tertiary/aromatic N) is 4. The first-order chi connectivity index (χ1) is 15.8. The number of nitrogens with one attached hydrogen (secondary N) is 1. The number of esters is 1. The number of fused-ring (bicyclic) bond motifs is 1. The molecular formula is C24H33N5O4. The van der Waals surface area contributed by atoms with Crippen LogP contribution in [0.3, 0.4) is 0 Å². The average molecular weight is 456 g/mol. The summed E-state index contributed by atoms with van der Waals surface area (Å²) in [6, 6.07) is 4.86. The summed E-state index contributed by atoms with van der Waals surface area (Å²) >= 11 is 0. The van der Waals surface area contributed by atoms with E-state index in [4.69, 9.17) is 14.2 Å². The number of benzene rings is 1. The zero-order valence-corrected chi connectivity index (χ0v) is 20.2. The maximum atomic E-state index is 13.7. The molecule has 0 unspecified atom stereocenters. The van der Waals surface area contributed by atoms with Gasteiger partial charge in [-0.25, -0.2) is 4.79 Å². The topological polar surface area (TPSA) is 100 Å². The molecule has 4 atom stereocenters. The highest BCUT2D eigenvalue weighted by molar-refractivity contribution is 5.92. The number of carbonyl (C=O) groups excluding carboxylic acids is 1. The van der Waals surface area contributed by atoms with Crippen LogP contribution in [-0.4, -0.2) is 46.5 Å². The maximum Gasteiger partial charge on any atom is 0.338 e. The van der Waals surface area contributed by atoms with Crippen molar-refractivity contribution in [3.63, 3.8) is 0 Å². The van der Waals surface area contributed by atoms with Crippen LogP contribution in [0.1, 0.15) is 58.6 Å². The largest absolute Gasteiger partial charge is 0.497 e. The molecule has 1 aromatic carbocycles. The third kappa shape index (κ3) is 4.41. The second-order valence-electron chi connectivity index (χ2n) is 9.39. The first-order valence-corrected chi connectivity index (χ1v) is 11.5. The summed E-state index contributed by atoms with van der Waals surface area (Å²) in [6.07, 6.45) is 2.98. The third-order valence-electron chi connectivity index (χ3n) is 6.89. The molecule has 1 N–H and O–H groups in total. The van der Waals surface area contributed by atoms with E-state index in [0.717, 1.165) is 24.8 Å². The standard InChI is InChI=1S/C24H33N5O4/c1-13(2)17-9-7-14(3)11-20(17)33-23(30)21-15(4)25-24-26-27-28-29(24)22(21)18-12-16(31-5)8-10-19(18)32-6/h8,10,12-14,17,20,22H,7,9,11H2,1-6H3,(H,25,26,28)/t14-,17+,20+,22+/m0/s1. The predicted molar refractivity (Wildman–Crippen MR) is 123 cm³/mol. The van der Waals surface area contributed by atoms with E-state index in [9.17, 15) is 4.79 Å². The molecule has 4 rings (SSSR count). The van der Waals surface area contributed by atoms with Gasteiger partial charge >= 0.3 is 5.97 Å². The molecule has 9 heteroatoms. The number of rotatable bonds is 6. The van der Waals surface area contributed by atoms with Crippen LogP contribution < -0.4 is 14.8 Å².